The predicted octanol–water partition coefficient (Wildman–Crippen LogP) is 1.89. The summed E-state index contributed by atoms with van der Waals surface area (Å²) in [6.45, 7) is 2.05. The lowest BCUT2D eigenvalue weighted by molar-refractivity contribution is -0.121. The second-order valence-electron chi connectivity index (χ2n) is 4.78. The quantitative estimate of drug-likeness (QED) is 0.590. The van der Waals surface area contributed by atoms with Crippen LogP contribution in [0.1, 0.15) is 11.5 Å². The van der Waals surface area contributed by atoms with Gasteiger partial charge in [0.1, 0.15) is 12.4 Å². The molecule has 0 saturated heterocycles. The highest BCUT2D eigenvalue weighted by molar-refractivity contribution is 5.82. The molecule has 1 amide bonds. The first-order chi connectivity index (χ1) is 10.7. The number of benzene rings is 1. The summed E-state index contributed by atoms with van der Waals surface area (Å²) >= 11 is 0. The van der Waals surface area contributed by atoms with Gasteiger partial charge in [-0.15, -0.1) is 0 Å². The molecule has 0 spiro atoms. The number of aromatic nitrogens is 3. The van der Waals surface area contributed by atoms with Crippen LogP contribution in [-0.4, -0.2) is 26.7 Å². The summed E-state index contributed by atoms with van der Waals surface area (Å²) < 4.78 is 1.86. The number of pyridine rings is 1. The van der Waals surface area contributed by atoms with Crippen LogP contribution in [0.5, 0.6) is 0 Å². The molecule has 3 aromatic rings. The summed E-state index contributed by atoms with van der Waals surface area (Å²) in [4.78, 5) is 20.5. The number of para-hydroxylation sites is 2. The van der Waals surface area contributed by atoms with Crippen LogP contribution in [-0.2, 0) is 11.3 Å². The van der Waals surface area contributed by atoms with Crippen molar-refractivity contribution in [3.63, 3.8) is 0 Å². The fraction of sp³-hybridized carbons (Fsp3) is 0.125. The number of hydrogen-bond donors (Lipinski definition) is 1. The predicted molar refractivity (Wildman–Crippen MR) is 84.4 cm³/mol. The van der Waals surface area contributed by atoms with Crippen molar-refractivity contribution in [2.24, 2.45) is 5.10 Å². The van der Waals surface area contributed by atoms with E-state index in [1.807, 2.05) is 54.0 Å². The highest BCUT2D eigenvalue weighted by Gasteiger charge is 2.09. The lowest BCUT2D eigenvalue weighted by Crippen LogP contribution is -2.23. The molecule has 0 unspecified atom stereocenters. The number of aryl methyl sites for hydroxylation is 1. The van der Waals surface area contributed by atoms with Gasteiger partial charge in [0.15, 0.2) is 0 Å². The third-order valence-electron chi connectivity index (χ3n) is 3.22. The Kier molecular flexibility index (Phi) is 3.91. The van der Waals surface area contributed by atoms with Crippen molar-refractivity contribution in [2.45, 2.75) is 13.5 Å². The summed E-state index contributed by atoms with van der Waals surface area (Å²) in [6, 6.07) is 13.2. The first-order valence-electron chi connectivity index (χ1n) is 6.89. The highest BCUT2D eigenvalue weighted by Crippen LogP contribution is 2.14. The molecule has 0 saturated carbocycles. The van der Waals surface area contributed by atoms with Crippen LogP contribution in [0.15, 0.2) is 53.8 Å². The van der Waals surface area contributed by atoms with Crippen molar-refractivity contribution in [3.8, 4) is 0 Å². The second-order valence-corrected chi connectivity index (χ2v) is 4.78. The van der Waals surface area contributed by atoms with E-state index >= 15 is 0 Å². The van der Waals surface area contributed by atoms with Crippen LogP contribution in [0.2, 0.25) is 0 Å². The molecule has 0 radical (unpaired) electrons. The average Bonchev–Trinajstić information content (AvgIpc) is 2.84. The number of nitrogens with zero attached hydrogens (tertiary/aromatic N) is 4. The van der Waals surface area contributed by atoms with Crippen molar-refractivity contribution >= 4 is 23.2 Å². The van der Waals surface area contributed by atoms with Crippen LogP contribution in [0, 0.1) is 6.92 Å². The average molecular weight is 293 g/mol. The van der Waals surface area contributed by atoms with Gasteiger partial charge in [-0.2, -0.15) is 5.10 Å². The zero-order valence-corrected chi connectivity index (χ0v) is 12.1. The van der Waals surface area contributed by atoms with Crippen molar-refractivity contribution in [1.29, 1.82) is 0 Å². The number of hydrogen-bond acceptors (Lipinski definition) is 4. The zero-order chi connectivity index (χ0) is 15.4. The number of rotatable bonds is 4. The van der Waals surface area contributed by atoms with Crippen LogP contribution in [0.4, 0.5) is 0 Å². The van der Waals surface area contributed by atoms with E-state index in [1.54, 1.807) is 6.20 Å². The molecule has 6 nitrogen and oxygen atoms in total. The second kappa shape index (κ2) is 6.17. The third-order valence-corrected chi connectivity index (χ3v) is 3.22. The summed E-state index contributed by atoms with van der Waals surface area (Å²) in [5.41, 5.74) is 5.00. The van der Waals surface area contributed by atoms with E-state index in [-0.39, 0.29) is 12.5 Å². The number of fused-ring (bicyclic) bond motifs is 1. The van der Waals surface area contributed by atoms with E-state index in [1.165, 1.54) is 6.21 Å². The van der Waals surface area contributed by atoms with Crippen molar-refractivity contribution in [3.05, 3.63) is 60.2 Å². The molecule has 0 aliphatic carbocycles. The maximum absolute atomic E-state index is 12.0. The molecule has 6 heteroatoms. The minimum absolute atomic E-state index is 0.173. The van der Waals surface area contributed by atoms with Gasteiger partial charge >= 0.3 is 0 Å². The summed E-state index contributed by atoms with van der Waals surface area (Å²) in [7, 11) is 0. The van der Waals surface area contributed by atoms with Gasteiger partial charge in [-0.05, 0) is 31.2 Å². The van der Waals surface area contributed by atoms with Gasteiger partial charge in [0.05, 0.1) is 22.9 Å². The van der Waals surface area contributed by atoms with E-state index in [0.717, 1.165) is 16.9 Å². The van der Waals surface area contributed by atoms with E-state index in [2.05, 4.69) is 20.5 Å². The summed E-state index contributed by atoms with van der Waals surface area (Å²) in [5.74, 6) is 0.587. The standard InChI is InChI=1S/C16H15N5O/c1-12-19-14-7-2-3-8-15(14)21(12)11-16(22)20-18-10-13-6-4-5-9-17-13/h2-10H,11H2,1H3,(H,20,22)/b18-10+. The minimum Gasteiger partial charge on any atom is -0.319 e. The maximum Gasteiger partial charge on any atom is 0.260 e. The van der Waals surface area contributed by atoms with Crippen LogP contribution < -0.4 is 5.43 Å². The maximum atomic E-state index is 12.0. The molecule has 3 rings (SSSR count). The molecule has 0 aliphatic rings. The third kappa shape index (κ3) is 3.01. The smallest absolute Gasteiger partial charge is 0.260 e. The highest BCUT2D eigenvalue weighted by atomic mass is 16.2. The topological polar surface area (TPSA) is 72.2 Å². The van der Waals surface area contributed by atoms with Gasteiger partial charge < -0.3 is 4.57 Å². The molecule has 110 valence electrons. The Balaban J connectivity index is 1.69. The van der Waals surface area contributed by atoms with Gasteiger partial charge in [-0.25, -0.2) is 10.4 Å². The van der Waals surface area contributed by atoms with Crippen LogP contribution in [0.3, 0.4) is 0 Å². The Labute approximate surface area is 127 Å². The van der Waals surface area contributed by atoms with E-state index in [4.69, 9.17) is 0 Å². The Morgan fingerprint density at radius 3 is 2.91 bits per heavy atom. The zero-order valence-electron chi connectivity index (χ0n) is 12.1. The minimum atomic E-state index is -0.210. The van der Waals surface area contributed by atoms with Crippen molar-refractivity contribution < 1.29 is 4.79 Å². The molecular weight excluding hydrogens is 278 g/mol. The first kappa shape index (κ1) is 13.9. The number of carbonyl (C=O) groups excluding carboxylic acids is 1. The molecule has 2 aromatic heterocycles. The number of hydrazone groups is 1. The molecule has 2 heterocycles. The molecule has 1 N–H and O–H groups in total. The Hall–Kier alpha value is -3.02. The fourth-order valence-corrected chi connectivity index (χ4v) is 2.20. The lowest BCUT2D eigenvalue weighted by Gasteiger charge is -2.05. The van der Waals surface area contributed by atoms with Crippen LogP contribution in [0.25, 0.3) is 11.0 Å². The van der Waals surface area contributed by atoms with E-state index in [9.17, 15) is 4.79 Å². The molecular formula is C16H15N5O. The van der Waals surface area contributed by atoms with Crippen LogP contribution >= 0.6 is 0 Å². The van der Waals surface area contributed by atoms with E-state index in [0.29, 0.717) is 5.69 Å². The van der Waals surface area contributed by atoms with Gasteiger partial charge in [0.25, 0.3) is 5.91 Å². The molecule has 22 heavy (non-hydrogen) atoms. The molecule has 0 atom stereocenters. The van der Waals surface area contributed by atoms with Crippen molar-refractivity contribution in [2.75, 3.05) is 0 Å². The summed E-state index contributed by atoms with van der Waals surface area (Å²) in [5, 5.41) is 3.91. The number of imidazole rings is 1. The number of nitrogens with one attached hydrogen (secondary N) is 1. The van der Waals surface area contributed by atoms with Crippen molar-refractivity contribution in [1.82, 2.24) is 20.0 Å². The largest absolute Gasteiger partial charge is 0.319 e. The molecule has 0 aliphatic heterocycles. The monoisotopic (exact) mass is 293 g/mol. The van der Waals surface area contributed by atoms with Gasteiger partial charge in [0.2, 0.25) is 0 Å². The number of amides is 1. The normalized spacial score (nSPS) is 11.1. The SMILES string of the molecule is Cc1nc2ccccc2n1CC(=O)N/N=C/c1ccccn1. The Bertz CT molecular complexity index is 823. The molecule has 1 aromatic carbocycles. The Morgan fingerprint density at radius 2 is 2.09 bits per heavy atom. The number of carbonyl (C=O) groups is 1. The first-order valence-corrected chi connectivity index (χ1v) is 6.89. The molecule has 0 fully saturated rings. The molecule has 0 bridgehead atoms. The Morgan fingerprint density at radius 1 is 1.27 bits per heavy atom. The summed E-state index contributed by atoms with van der Waals surface area (Å²) in [6.07, 6.45) is 3.18. The van der Waals surface area contributed by atoms with Gasteiger partial charge in [-0.3, -0.25) is 9.78 Å². The van der Waals surface area contributed by atoms with Gasteiger partial charge in [0, 0.05) is 6.20 Å². The van der Waals surface area contributed by atoms with Gasteiger partial charge in [-0.1, -0.05) is 18.2 Å². The lowest BCUT2D eigenvalue weighted by atomic mass is 10.3. The van der Waals surface area contributed by atoms with E-state index < -0.39 is 0 Å². The fourth-order valence-electron chi connectivity index (χ4n) is 2.20.